The Kier molecular flexibility index (Phi) is 11.2. The number of hydrogen-bond donors (Lipinski definition) is 1. The number of nitrogens with one attached hydrogen (secondary N) is 1. The summed E-state index contributed by atoms with van der Waals surface area (Å²) in [5.41, 5.74) is 1.73. The highest BCUT2D eigenvalue weighted by Crippen LogP contribution is 2.29. The second-order valence-corrected chi connectivity index (χ2v) is 12.6. The number of halogens is 3. The molecule has 0 aliphatic rings. The molecular formula is C28H30BrCl2N3O4S. The van der Waals surface area contributed by atoms with Gasteiger partial charge in [-0.1, -0.05) is 78.7 Å². The standard InChI is InChI=1S/C28H30BrCl2N3O4S/c1-3-15-32-28(36)26(16-20-9-5-4-6-10-20)33(18-21-13-14-22(30)17-24(21)31)27(35)19-34(39(2,37)38)25-12-8-7-11-23(25)29/h4-14,17,26H,3,15-16,18-19H2,1-2H3,(H,32,36)/t26-/m1/s1. The van der Waals surface area contributed by atoms with Crippen molar-refractivity contribution < 1.29 is 18.0 Å². The Balaban J connectivity index is 2.08. The first-order chi connectivity index (χ1) is 18.5. The Morgan fingerprint density at radius 2 is 1.67 bits per heavy atom. The first-order valence-corrected chi connectivity index (χ1v) is 15.7. The normalized spacial score (nSPS) is 12.0. The number of anilines is 1. The number of carbonyl (C=O) groups is 2. The lowest BCUT2D eigenvalue weighted by Crippen LogP contribution is -2.53. The van der Waals surface area contributed by atoms with Crippen LogP contribution < -0.4 is 9.62 Å². The van der Waals surface area contributed by atoms with E-state index in [1.807, 2.05) is 37.3 Å². The molecule has 0 heterocycles. The maximum Gasteiger partial charge on any atom is 0.244 e. The van der Waals surface area contributed by atoms with E-state index in [0.717, 1.165) is 16.1 Å². The molecule has 11 heteroatoms. The number of carbonyl (C=O) groups excluding carboxylic acids is 2. The van der Waals surface area contributed by atoms with Crippen molar-refractivity contribution in [3.8, 4) is 0 Å². The smallest absolute Gasteiger partial charge is 0.244 e. The predicted octanol–water partition coefficient (Wildman–Crippen LogP) is 5.69. The van der Waals surface area contributed by atoms with Crippen LogP contribution in [0.1, 0.15) is 24.5 Å². The van der Waals surface area contributed by atoms with Gasteiger partial charge >= 0.3 is 0 Å². The van der Waals surface area contributed by atoms with E-state index in [0.29, 0.717) is 38.7 Å². The average molecular weight is 655 g/mol. The summed E-state index contributed by atoms with van der Waals surface area (Å²) in [6.07, 6.45) is 1.97. The van der Waals surface area contributed by atoms with Crippen LogP contribution in [-0.2, 0) is 32.6 Å². The molecular weight excluding hydrogens is 625 g/mol. The molecule has 1 N–H and O–H groups in total. The van der Waals surface area contributed by atoms with Gasteiger partial charge in [0.15, 0.2) is 0 Å². The Hall–Kier alpha value is -2.59. The lowest BCUT2D eigenvalue weighted by molar-refractivity contribution is -0.140. The molecule has 7 nitrogen and oxygen atoms in total. The average Bonchev–Trinajstić information content (AvgIpc) is 2.89. The van der Waals surface area contributed by atoms with Gasteiger partial charge in [0.25, 0.3) is 0 Å². The molecule has 0 aliphatic carbocycles. The van der Waals surface area contributed by atoms with Crippen molar-refractivity contribution in [2.75, 3.05) is 23.7 Å². The van der Waals surface area contributed by atoms with E-state index >= 15 is 0 Å². The van der Waals surface area contributed by atoms with E-state index in [1.54, 1.807) is 42.5 Å². The summed E-state index contributed by atoms with van der Waals surface area (Å²) in [5.74, 6) is -0.902. The minimum Gasteiger partial charge on any atom is -0.354 e. The molecule has 0 bridgehead atoms. The van der Waals surface area contributed by atoms with Gasteiger partial charge in [0.1, 0.15) is 12.6 Å². The Morgan fingerprint density at radius 1 is 1.00 bits per heavy atom. The molecule has 0 radical (unpaired) electrons. The van der Waals surface area contributed by atoms with Crippen molar-refractivity contribution in [2.24, 2.45) is 0 Å². The highest BCUT2D eigenvalue weighted by Gasteiger charge is 2.33. The maximum atomic E-state index is 14.0. The van der Waals surface area contributed by atoms with E-state index in [2.05, 4.69) is 21.2 Å². The molecule has 3 aromatic rings. The van der Waals surface area contributed by atoms with Gasteiger partial charge < -0.3 is 10.2 Å². The van der Waals surface area contributed by atoms with Crippen molar-refractivity contribution in [1.82, 2.24) is 10.2 Å². The maximum absolute atomic E-state index is 14.0. The summed E-state index contributed by atoms with van der Waals surface area (Å²) < 4.78 is 27.2. The molecule has 2 amide bonds. The summed E-state index contributed by atoms with van der Waals surface area (Å²) >= 11 is 15.9. The van der Waals surface area contributed by atoms with Crippen molar-refractivity contribution >= 4 is 66.7 Å². The van der Waals surface area contributed by atoms with Crippen molar-refractivity contribution in [2.45, 2.75) is 32.4 Å². The van der Waals surface area contributed by atoms with Crippen LogP contribution in [0.2, 0.25) is 10.0 Å². The number of sulfonamides is 1. The van der Waals surface area contributed by atoms with Crippen molar-refractivity contribution in [3.05, 3.63) is 98.4 Å². The second kappa shape index (κ2) is 14.2. The zero-order chi connectivity index (χ0) is 28.6. The summed E-state index contributed by atoms with van der Waals surface area (Å²) in [6, 6.07) is 20.0. The van der Waals surface area contributed by atoms with E-state index in [9.17, 15) is 18.0 Å². The number of para-hydroxylation sites is 1. The molecule has 0 aliphatic heterocycles. The van der Waals surface area contributed by atoms with E-state index in [-0.39, 0.29) is 18.9 Å². The van der Waals surface area contributed by atoms with Gasteiger partial charge in [-0.15, -0.1) is 0 Å². The monoisotopic (exact) mass is 653 g/mol. The fourth-order valence-electron chi connectivity index (χ4n) is 4.00. The third kappa shape index (κ3) is 8.70. The molecule has 208 valence electrons. The number of benzene rings is 3. The van der Waals surface area contributed by atoms with Crippen LogP contribution in [0.3, 0.4) is 0 Å². The van der Waals surface area contributed by atoms with E-state index < -0.39 is 28.5 Å². The Bertz CT molecular complexity index is 1410. The molecule has 3 rings (SSSR count). The second-order valence-electron chi connectivity index (χ2n) is 8.97. The molecule has 1 atom stereocenters. The lowest BCUT2D eigenvalue weighted by Gasteiger charge is -2.34. The Morgan fingerprint density at radius 3 is 2.28 bits per heavy atom. The zero-order valence-electron chi connectivity index (χ0n) is 21.6. The molecule has 0 saturated heterocycles. The van der Waals surface area contributed by atoms with Gasteiger partial charge in [0.05, 0.1) is 11.9 Å². The highest BCUT2D eigenvalue weighted by atomic mass is 79.9. The largest absolute Gasteiger partial charge is 0.354 e. The van der Waals surface area contributed by atoms with Gasteiger partial charge in [0.2, 0.25) is 21.8 Å². The summed E-state index contributed by atoms with van der Waals surface area (Å²) in [5, 5.41) is 3.66. The van der Waals surface area contributed by atoms with Gasteiger partial charge in [-0.25, -0.2) is 8.42 Å². The molecule has 0 spiro atoms. The molecule has 0 unspecified atom stereocenters. The summed E-state index contributed by atoms with van der Waals surface area (Å²) in [6.45, 7) is 1.82. The van der Waals surface area contributed by atoms with Crippen LogP contribution in [0.15, 0.2) is 77.3 Å². The third-order valence-corrected chi connectivity index (χ3v) is 8.36. The molecule has 0 fully saturated rings. The van der Waals surface area contributed by atoms with Crippen LogP contribution in [0.25, 0.3) is 0 Å². The van der Waals surface area contributed by atoms with E-state index in [4.69, 9.17) is 23.2 Å². The van der Waals surface area contributed by atoms with Gasteiger partial charge in [-0.3, -0.25) is 13.9 Å². The minimum atomic E-state index is -3.86. The number of rotatable bonds is 12. The van der Waals surface area contributed by atoms with Gasteiger partial charge in [-0.05, 0) is 57.7 Å². The molecule has 0 aromatic heterocycles. The fourth-order valence-corrected chi connectivity index (χ4v) is 5.95. The third-order valence-electron chi connectivity index (χ3n) is 5.98. The molecule has 3 aromatic carbocycles. The quantitative estimate of drug-likeness (QED) is 0.272. The summed E-state index contributed by atoms with van der Waals surface area (Å²) in [7, 11) is -3.86. The number of nitrogens with zero attached hydrogens (tertiary/aromatic N) is 2. The molecule has 0 saturated carbocycles. The number of hydrogen-bond acceptors (Lipinski definition) is 4. The van der Waals surface area contributed by atoms with Crippen LogP contribution in [0.5, 0.6) is 0 Å². The van der Waals surface area contributed by atoms with Crippen LogP contribution in [0.4, 0.5) is 5.69 Å². The SMILES string of the molecule is CCCNC(=O)[C@@H](Cc1ccccc1)N(Cc1ccc(Cl)cc1Cl)C(=O)CN(c1ccccc1Br)S(C)(=O)=O. The summed E-state index contributed by atoms with van der Waals surface area (Å²) in [4.78, 5) is 28.9. The van der Waals surface area contributed by atoms with E-state index in [1.165, 1.54) is 4.90 Å². The predicted molar refractivity (Wildman–Crippen MR) is 161 cm³/mol. The van der Waals surface area contributed by atoms with Crippen LogP contribution in [0, 0.1) is 0 Å². The van der Waals surface area contributed by atoms with Crippen LogP contribution in [-0.4, -0.2) is 50.5 Å². The minimum absolute atomic E-state index is 0.0283. The van der Waals surface area contributed by atoms with Gasteiger partial charge in [0, 0.05) is 34.0 Å². The van der Waals surface area contributed by atoms with Crippen LogP contribution >= 0.6 is 39.1 Å². The van der Waals surface area contributed by atoms with Crippen molar-refractivity contribution in [1.29, 1.82) is 0 Å². The number of amides is 2. The fraction of sp³-hybridized carbons (Fsp3) is 0.286. The highest BCUT2D eigenvalue weighted by molar-refractivity contribution is 9.10. The first-order valence-electron chi connectivity index (χ1n) is 12.3. The zero-order valence-corrected chi connectivity index (χ0v) is 25.5. The first kappa shape index (κ1) is 30.9. The Labute approximate surface area is 248 Å². The lowest BCUT2D eigenvalue weighted by atomic mass is 10.0. The van der Waals surface area contributed by atoms with Gasteiger partial charge in [-0.2, -0.15) is 0 Å². The molecule has 39 heavy (non-hydrogen) atoms. The van der Waals surface area contributed by atoms with Crippen molar-refractivity contribution in [3.63, 3.8) is 0 Å². The topological polar surface area (TPSA) is 86.8 Å².